The molecule has 2 unspecified atom stereocenters. The molecule has 0 aromatic rings. The fraction of sp³-hybridized carbons (Fsp3) is 1.00. The Morgan fingerprint density at radius 1 is 0.684 bits per heavy atom. The van der Waals surface area contributed by atoms with E-state index in [4.69, 9.17) is 14.2 Å². The molecule has 2 saturated heterocycles. The Balaban J connectivity index is 0.000000117. The summed E-state index contributed by atoms with van der Waals surface area (Å²) >= 11 is 0. The van der Waals surface area contributed by atoms with E-state index in [1.807, 2.05) is 0 Å². The first-order valence-corrected chi connectivity index (χ1v) is 8.23. The van der Waals surface area contributed by atoms with Crippen molar-refractivity contribution in [3.05, 3.63) is 0 Å². The summed E-state index contributed by atoms with van der Waals surface area (Å²) in [4.78, 5) is 0. The van der Waals surface area contributed by atoms with Gasteiger partial charge in [-0.3, -0.25) is 0 Å². The van der Waals surface area contributed by atoms with Crippen molar-refractivity contribution in [3.8, 4) is 0 Å². The number of ether oxygens (including phenoxy) is 3. The molecule has 0 spiro atoms. The van der Waals surface area contributed by atoms with E-state index >= 15 is 0 Å². The first kappa shape index (κ1) is 13.8. The van der Waals surface area contributed by atoms with E-state index in [0.717, 1.165) is 38.3 Å². The second-order valence-corrected chi connectivity index (χ2v) is 6.54. The van der Waals surface area contributed by atoms with Crippen LogP contribution in [0.2, 0.25) is 0 Å². The number of hydrogen-bond donors (Lipinski definition) is 0. The first-order chi connectivity index (χ1) is 9.42. The molecule has 0 amide bonds. The smallest absolute Gasteiger partial charge is 0.104 e. The third-order valence-electron chi connectivity index (χ3n) is 4.88. The summed E-state index contributed by atoms with van der Waals surface area (Å²) in [6, 6.07) is 0. The van der Waals surface area contributed by atoms with Crippen molar-refractivity contribution in [3.63, 3.8) is 0 Å². The standard InChI is InChI=1S/C10H18.C6H10O3/c1-2-6-10-8-4-3-7-9(10)5-1;1(5-3-8-5)7-2-6-4-9-6/h9-10H,1-8H2;5-6H,1-4H2. The molecular formula is C16H28O3. The lowest BCUT2D eigenvalue weighted by molar-refractivity contribution is 0.102. The molecule has 110 valence electrons. The lowest BCUT2D eigenvalue weighted by Crippen LogP contribution is -2.22. The molecule has 19 heavy (non-hydrogen) atoms. The summed E-state index contributed by atoms with van der Waals surface area (Å²) in [5, 5.41) is 0. The van der Waals surface area contributed by atoms with Crippen molar-refractivity contribution in [2.24, 2.45) is 11.8 Å². The van der Waals surface area contributed by atoms with Gasteiger partial charge in [0.25, 0.3) is 0 Å². The van der Waals surface area contributed by atoms with Gasteiger partial charge in [-0.25, -0.2) is 0 Å². The highest BCUT2D eigenvalue weighted by molar-refractivity contribution is 4.78. The molecule has 2 atom stereocenters. The second-order valence-electron chi connectivity index (χ2n) is 6.54. The van der Waals surface area contributed by atoms with Gasteiger partial charge in [0.05, 0.1) is 26.4 Å². The molecule has 0 bridgehead atoms. The predicted molar refractivity (Wildman–Crippen MR) is 74.2 cm³/mol. The zero-order chi connectivity index (χ0) is 12.9. The Morgan fingerprint density at radius 2 is 1.05 bits per heavy atom. The van der Waals surface area contributed by atoms with Gasteiger partial charge in [-0.15, -0.1) is 0 Å². The minimum atomic E-state index is 0.392. The van der Waals surface area contributed by atoms with Crippen molar-refractivity contribution in [1.29, 1.82) is 0 Å². The Morgan fingerprint density at radius 3 is 1.37 bits per heavy atom. The molecule has 2 aliphatic heterocycles. The molecular weight excluding hydrogens is 240 g/mol. The predicted octanol–water partition coefficient (Wildman–Crippen LogP) is 3.17. The van der Waals surface area contributed by atoms with Crippen LogP contribution in [0.4, 0.5) is 0 Å². The van der Waals surface area contributed by atoms with E-state index in [9.17, 15) is 0 Å². The molecule has 0 aromatic carbocycles. The molecule has 3 nitrogen and oxygen atoms in total. The van der Waals surface area contributed by atoms with Crippen molar-refractivity contribution in [1.82, 2.24) is 0 Å². The summed E-state index contributed by atoms with van der Waals surface area (Å²) in [6.45, 7) is 3.26. The molecule has 0 aromatic heterocycles. The molecule has 3 heteroatoms. The van der Waals surface area contributed by atoms with Gasteiger partial charge in [0.1, 0.15) is 12.2 Å². The van der Waals surface area contributed by atoms with Crippen LogP contribution in [-0.4, -0.2) is 38.6 Å². The van der Waals surface area contributed by atoms with Crippen molar-refractivity contribution < 1.29 is 14.2 Å². The summed E-state index contributed by atoms with van der Waals surface area (Å²) in [5.74, 6) is 2.31. The third kappa shape index (κ3) is 5.05. The number of fused-ring (bicyclic) bond motifs is 1. The average Bonchev–Trinajstić information content (AvgIpc) is 3.35. The fourth-order valence-corrected chi connectivity index (χ4v) is 3.52. The molecule has 4 aliphatic rings. The molecule has 2 heterocycles. The quantitative estimate of drug-likeness (QED) is 0.734. The van der Waals surface area contributed by atoms with Crippen LogP contribution in [-0.2, 0) is 14.2 Å². The van der Waals surface area contributed by atoms with Gasteiger partial charge in [-0.2, -0.15) is 0 Å². The van der Waals surface area contributed by atoms with E-state index in [-0.39, 0.29) is 0 Å². The lowest BCUT2D eigenvalue weighted by Gasteiger charge is -2.35. The maximum Gasteiger partial charge on any atom is 0.104 e. The van der Waals surface area contributed by atoms with E-state index in [1.165, 1.54) is 25.7 Å². The monoisotopic (exact) mass is 268 g/mol. The zero-order valence-electron chi connectivity index (χ0n) is 12.0. The van der Waals surface area contributed by atoms with Crippen LogP contribution >= 0.6 is 0 Å². The van der Waals surface area contributed by atoms with Crippen LogP contribution in [0.3, 0.4) is 0 Å². The van der Waals surface area contributed by atoms with Crippen molar-refractivity contribution >= 4 is 0 Å². The van der Waals surface area contributed by atoms with Crippen LogP contribution in [0, 0.1) is 11.8 Å². The highest BCUT2D eigenvalue weighted by Crippen LogP contribution is 2.39. The summed E-state index contributed by atoms with van der Waals surface area (Å²) in [5.41, 5.74) is 0. The van der Waals surface area contributed by atoms with Crippen LogP contribution in [0.1, 0.15) is 51.4 Å². The van der Waals surface area contributed by atoms with E-state index in [2.05, 4.69) is 0 Å². The van der Waals surface area contributed by atoms with Gasteiger partial charge in [0.15, 0.2) is 0 Å². The van der Waals surface area contributed by atoms with E-state index in [0.29, 0.717) is 12.2 Å². The highest BCUT2D eigenvalue weighted by Gasteiger charge is 2.27. The van der Waals surface area contributed by atoms with Crippen LogP contribution in [0.5, 0.6) is 0 Å². The minimum absolute atomic E-state index is 0.392. The van der Waals surface area contributed by atoms with E-state index < -0.39 is 0 Å². The first-order valence-electron chi connectivity index (χ1n) is 8.23. The number of rotatable bonds is 4. The molecule has 0 N–H and O–H groups in total. The summed E-state index contributed by atoms with van der Waals surface area (Å²) < 4.78 is 15.1. The highest BCUT2D eigenvalue weighted by atomic mass is 16.6. The largest absolute Gasteiger partial charge is 0.376 e. The average molecular weight is 268 g/mol. The van der Waals surface area contributed by atoms with Gasteiger partial charge in [-0.1, -0.05) is 51.4 Å². The zero-order valence-corrected chi connectivity index (χ0v) is 12.0. The molecule has 0 radical (unpaired) electrons. The summed E-state index contributed by atoms with van der Waals surface area (Å²) in [7, 11) is 0. The normalized spacial score (nSPS) is 39.8. The topological polar surface area (TPSA) is 34.3 Å². The van der Waals surface area contributed by atoms with Gasteiger partial charge >= 0.3 is 0 Å². The van der Waals surface area contributed by atoms with Gasteiger partial charge in [0.2, 0.25) is 0 Å². The number of epoxide rings is 2. The Bertz CT molecular complexity index is 223. The van der Waals surface area contributed by atoms with Crippen LogP contribution < -0.4 is 0 Å². The lowest BCUT2D eigenvalue weighted by atomic mass is 9.71. The van der Waals surface area contributed by atoms with Crippen molar-refractivity contribution in [2.45, 2.75) is 63.6 Å². The Labute approximate surface area is 117 Å². The van der Waals surface area contributed by atoms with E-state index in [1.54, 1.807) is 25.7 Å². The van der Waals surface area contributed by atoms with Gasteiger partial charge in [-0.05, 0) is 11.8 Å². The fourth-order valence-electron chi connectivity index (χ4n) is 3.52. The number of hydrogen-bond acceptors (Lipinski definition) is 3. The van der Waals surface area contributed by atoms with Crippen LogP contribution in [0.25, 0.3) is 0 Å². The van der Waals surface area contributed by atoms with Crippen molar-refractivity contribution in [2.75, 3.05) is 26.4 Å². The minimum Gasteiger partial charge on any atom is -0.376 e. The Kier molecular flexibility index (Phi) is 5.14. The molecule has 4 rings (SSSR count). The van der Waals surface area contributed by atoms with Gasteiger partial charge in [0, 0.05) is 0 Å². The van der Waals surface area contributed by atoms with Gasteiger partial charge < -0.3 is 14.2 Å². The summed E-state index contributed by atoms with van der Waals surface area (Å²) in [6.07, 6.45) is 13.1. The second kappa shape index (κ2) is 7.05. The molecule has 4 fully saturated rings. The maximum absolute atomic E-state index is 5.23. The SMILES string of the molecule is C(OCC1CO1)C1CO1.C1CCC2CCCCC2C1. The Hall–Kier alpha value is -0.120. The third-order valence-corrected chi connectivity index (χ3v) is 4.88. The van der Waals surface area contributed by atoms with Crippen LogP contribution in [0.15, 0.2) is 0 Å². The molecule has 2 saturated carbocycles. The molecule has 2 aliphatic carbocycles. The maximum atomic E-state index is 5.23.